The summed E-state index contributed by atoms with van der Waals surface area (Å²) >= 11 is 0. The van der Waals surface area contributed by atoms with Crippen LogP contribution in [0.3, 0.4) is 0 Å². The lowest BCUT2D eigenvalue weighted by molar-refractivity contribution is 0.514. The molecule has 0 aromatic rings. The van der Waals surface area contributed by atoms with E-state index in [1.165, 1.54) is 12.0 Å². The Morgan fingerprint density at radius 1 is 1.75 bits per heavy atom. The first-order chi connectivity index (χ1) is 3.63. The van der Waals surface area contributed by atoms with Gasteiger partial charge in [-0.2, -0.15) is 0 Å². The second kappa shape index (κ2) is 1.37. The molecule has 1 rings (SSSR count). The Bertz CT molecular complexity index is 124. The molecule has 0 aromatic heterocycles. The van der Waals surface area contributed by atoms with Gasteiger partial charge in [-0.3, -0.25) is 0 Å². The van der Waals surface area contributed by atoms with Gasteiger partial charge in [0.05, 0.1) is 0 Å². The second-order valence-corrected chi connectivity index (χ2v) is 3.02. The summed E-state index contributed by atoms with van der Waals surface area (Å²) in [5.41, 5.74) is 1.96. The van der Waals surface area contributed by atoms with Crippen LogP contribution < -0.4 is 0 Å². The molecule has 1 aliphatic carbocycles. The molecule has 1 fully saturated rings. The molecular formula is C8H14. The quantitative estimate of drug-likeness (QED) is 0.455. The van der Waals surface area contributed by atoms with Gasteiger partial charge in [0.25, 0.3) is 0 Å². The van der Waals surface area contributed by atoms with Gasteiger partial charge >= 0.3 is 0 Å². The van der Waals surface area contributed by atoms with Gasteiger partial charge in [-0.15, -0.1) is 0 Å². The number of rotatable bonds is 1. The smallest absolute Gasteiger partial charge is 0.00558 e. The molecule has 0 heterocycles. The third kappa shape index (κ3) is 0.460. The van der Waals surface area contributed by atoms with Crippen LogP contribution in [-0.4, -0.2) is 0 Å². The normalized spacial score (nSPS) is 44.9. The average molecular weight is 110 g/mol. The highest BCUT2D eigenvalue weighted by atomic mass is 14.5. The predicted molar refractivity (Wildman–Crippen MR) is 36.7 cm³/mol. The fraction of sp³-hybridized carbons (Fsp3) is 0.750. The molecule has 2 atom stereocenters. The van der Waals surface area contributed by atoms with Crippen molar-refractivity contribution in [2.75, 3.05) is 0 Å². The highest BCUT2D eigenvalue weighted by Crippen LogP contribution is 2.58. The standard InChI is InChI=1S/C8H14/c1-5-8(4)6(2)7(8)3/h7H,2,5H2,1,3-4H3. The van der Waals surface area contributed by atoms with E-state index in [-0.39, 0.29) is 0 Å². The van der Waals surface area contributed by atoms with E-state index in [1.54, 1.807) is 0 Å². The SMILES string of the molecule is C=C1C(C)C1(C)CC. The van der Waals surface area contributed by atoms with Crippen LogP contribution >= 0.6 is 0 Å². The third-order valence-corrected chi connectivity index (χ3v) is 2.86. The minimum atomic E-state index is 0.514. The Labute approximate surface area is 51.6 Å². The van der Waals surface area contributed by atoms with Crippen molar-refractivity contribution < 1.29 is 0 Å². The zero-order chi connectivity index (χ0) is 6.36. The molecule has 0 aromatic carbocycles. The van der Waals surface area contributed by atoms with Crippen molar-refractivity contribution >= 4 is 0 Å². The first-order valence-corrected chi connectivity index (χ1v) is 3.32. The first kappa shape index (κ1) is 5.87. The van der Waals surface area contributed by atoms with E-state index in [0.29, 0.717) is 5.41 Å². The highest BCUT2D eigenvalue weighted by Gasteiger charge is 2.49. The van der Waals surface area contributed by atoms with Crippen LogP contribution in [0.1, 0.15) is 27.2 Å². The van der Waals surface area contributed by atoms with Crippen molar-refractivity contribution in [3.8, 4) is 0 Å². The van der Waals surface area contributed by atoms with Crippen LogP contribution in [-0.2, 0) is 0 Å². The molecule has 1 saturated carbocycles. The van der Waals surface area contributed by atoms with Crippen molar-refractivity contribution in [2.45, 2.75) is 27.2 Å². The molecule has 0 N–H and O–H groups in total. The molecular weight excluding hydrogens is 96.1 g/mol. The lowest BCUT2D eigenvalue weighted by Gasteiger charge is -2.00. The first-order valence-electron chi connectivity index (χ1n) is 3.32. The third-order valence-electron chi connectivity index (χ3n) is 2.86. The van der Waals surface area contributed by atoms with Crippen molar-refractivity contribution in [1.29, 1.82) is 0 Å². The molecule has 0 aliphatic heterocycles. The maximum atomic E-state index is 3.97. The van der Waals surface area contributed by atoms with E-state index in [0.717, 1.165) is 5.92 Å². The van der Waals surface area contributed by atoms with E-state index >= 15 is 0 Å². The Balaban J connectivity index is 2.63. The molecule has 0 nitrogen and oxygen atoms in total. The molecule has 0 radical (unpaired) electrons. The van der Waals surface area contributed by atoms with E-state index in [4.69, 9.17) is 0 Å². The molecule has 1 aliphatic rings. The summed E-state index contributed by atoms with van der Waals surface area (Å²) in [7, 11) is 0. The highest BCUT2D eigenvalue weighted by molar-refractivity contribution is 5.32. The Kier molecular flexibility index (Phi) is 1.00. The lowest BCUT2D eigenvalue weighted by atomic mass is 10.0. The predicted octanol–water partition coefficient (Wildman–Crippen LogP) is 2.61. The molecule has 8 heavy (non-hydrogen) atoms. The summed E-state index contributed by atoms with van der Waals surface area (Å²) < 4.78 is 0. The Hall–Kier alpha value is -0.260. The van der Waals surface area contributed by atoms with Crippen LogP contribution in [0.5, 0.6) is 0 Å². The lowest BCUT2D eigenvalue weighted by Crippen LogP contribution is -1.91. The summed E-state index contributed by atoms with van der Waals surface area (Å²) in [6.45, 7) is 10.8. The molecule has 0 amide bonds. The molecule has 0 heteroatoms. The van der Waals surface area contributed by atoms with Crippen molar-refractivity contribution in [3.63, 3.8) is 0 Å². The summed E-state index contributed by atoms with van der Waals surface area (Å²) in [6.07, 6.45) is 1.26. The largest absolute Gasteiger partial charge is 0.0990 e. The minimum absolute atomic E-state index is 0.514. The fourth-order valence-corrected chi connectivity index (χ4v) is 1.31. The van der Waals surface area contributed by atoms with Crippen LogP contribution in [0.2, 0.25) is 0 Å². The monoisotopic (exact) mass is 110 g/mol. The number of hydrogen-bond donors (Lipinski definition) is 0. The molecule has 46 valence electrons. The van der Waals surface area contributed by atoms with Crippen LogP contribution in [0.4, 0.5) is 0 Å². The number of allylic oxidation sites excluding steroid dienone is 1. The molecule has 0 spiro atoms. The van der Waals surface area contributed by atoms with Crippen LogP contribution in [0, 0.1) is 11.3 Å². The van der Waals surface area contributed by atoms with E-state index in [1.807, 2.05) is 0 Å². The van der Waals surface area contributed by atoms with Gasteiger partial charge in [0.2, 0.25) is 0 Å². The van der Waals surface area contributed by atoms with Gasteiger partial charge in [0.15, 0.2) is 0 Å². The van der Waals surface area contributed by atoms with Gasteiger partial charge in [-0.05, 0) is 17.8 Å². The van der Waals surface area contributed by atoms with Crippen LogP contribution in [0.15, 0.2) is 12.2 Å². The fourth-order valence-electron chi connectivity index (χ4n) is 1.31. The maximum absolute atomic E-state index is 3.97. The topological polar surface area (TPSA) is 0 Å². The van der Waals surface area contributed by atoms with Crippen molar-refractivity contribution in [3.05, 3.63) is 12.2 Å². The summed E-state index contributed by atoms with van der Waals surface area (Å²) in [5, 5.41) is 0. The average Bonchev–Trinajstić information content (AvgIpc) is 2.22. The van der Waals surface area contributed by atoms with E-state index in [2.05, 4.69) is 27.4 Å². The van der Waals surface area contributed by atoms with E-state index in [9.17, 15) is 0 Å². The van der Waals surface area contributed by atoms with Gasteiger partial charge < -0.3 is 0 Å². The summed E-state index contributed by atoms with van der Waals surface area (Å²) in [5.74, 6) is 0.785. The zero-order valence-corrected chi connectivity index (χ0v) is 5.99. The van der Waals surface area contributed by atoms with Gasteiger partial charge in [0.1, 0.15) is 0 Å². The number of hydrogen-bond acceptors (Lipinski definition) is 0. The Morgan fingerprint density at radius 2 is 2.12 bits per heavy atom. The summed E-state index contributed by atoms with van der Waals surface area (Å²) in [6, 6.07) is 0. The minimum Gasteiger partial charge on any atom is -0.0990 e. The molecule has 0 saturated heterocycles. The van der Waals surface area contributed by atoms with E-state index < -0.39 is 0 Å². The molecule has 2 unspecified atom stereocenters. The van der Waals surface area contributed by atoms with Crippen LogP contribution in [0.25, 0.3) is 0 Å². The van der Waals surface area contributed by atoms with Crippen molar-refractivity contribution in [2.24, 2.45) is 11.3 Å². The second-order valence-electron chi connectivity index (χ2n) is 3.02. The summed E-state index contributed by atoms with van der Waals surface area (Å²) in [4.78, 5) is 0. The van der Waals surface area contributed by atoms with Gasteiger partial charge in [-0.1, -0.05) is 32.9 Å². The maximum Gasteiger partial charge on any atom is -0.00558 e. The molecule has 0 bridgehead atoms. The van der Waals surface area contributed by atoms with Gasteiger partial charge in [0, 0.05) is 0 Å². The Morgan fingerprint density at radius 3 is 2.12 bits per heavy atom. The van der Waals surface area contributed by atoms with Crippen molar-refractivity contribution in [1.82, 2.24) is 0 Å². The van der Waals surface area contributed by atoms with Gasteiger partial charge in [-0.25, -0.2) is 0 Å². The zero-order valence-electron chi connectivity index (χ0n) is 5.99.